The maximum absolute atomic E-state index is 11.2. The van der Waals surface area contributed by atoms with Gasteiger partial charge in [-0.3, -0.25) is 4.79 Å². The topological polar surface area (TPSA) is 63.2 Å². The Morgan fingerprint density at radius 3 is 1.82 bits per heavy atom. The van der Waals surface area contributed by atoms with Gasteiger partial charge in [-0.05, 0) is 0 Å². The molecule has 0 aliphatic heterocycles. The molecule has 0 aromatic rings. The third-order valence-corrected chi connectivity index (χ3v) is 1.13. The number of amides is 1. The van der Waals surface area contributed by atoms with Gasteiger partial charge in [0.25, 0.3) is 0 Å². The van der Waals surface area contributed by atoms with Crippen molar-refractivity contribution < 1.29 is 26.4 Å². The van der Waals surface area contributed by atoms with Crippen molar-refractivity contribution in [2.75, 3.05) is 0 Å². The average molecular weight is 212 g/mol. The van der Waals surface area contributed by atoms with Gasteiger partial charge in [-0.15, -0.1) is 0 Å². The highest BCUT2D eigenvalue weighted by molar-refractivity contribution is 8.12. The van der Waals surface area contributed by atoms with E-state index in [0.717, 1.165) is 0 Å². The summed E-state index contributed by atoms with van der Waals surface area (Å²) in [6.07, 6.45) is -5.25. The fourth-order valence-electron chi connectivity index (χ4n) is 0.169. The van der Waals surface area contributed by atoms with E-state index in [1.54, 1.807) is 0 Å². The molecular weight excluding hydrogens is 211 g/mol. The van der Waals surface area contributed by atoms with Crippen LogP contribution in [0.3, 0.4) is 0 Å². The first-order valence-electron chi connectivity index (χ1n) is 1.96. The summed E-state index contributed by atoms with van der Waals surface area (Å²) >= 11 is 0. The van der Waals surface area contributed by atoms with Gasteiger partial charge in [0.2, 0.25) is 0 Å². The third kappa shape index (κ3) is 4.85. The standard InChI is InChI=1S/C2HClF3NO3S/c3-11(9,10)7-1(8)2(4,5)6/h(H,7,8). The molecule has 0 saturated heterocycles. The van der Waals surface area contributed by atoms with E-state index in [0.29, 0.717) is 4.72 Å². The van der Waals surface area contributed by atoms with Gasteiger partial charge in [-0.2, -0.15) is 21.6 Å². The summed E-state index contributed by atoms with van der Waals surface area (Å²) in [6.45, 7) is 0. The normalized spacial score (nSPS) is 12.7. The Morgan fingerprint density at radius 2 is 1.73 bits per heavy atom. The predicted octanol–water partition coefficient (Wildman–Crippen LogP) is 0.149. The molecule has 0 radical (unpaired) electrons. The molecule has 0 fully saturated rings. The van der Waals surface area contributed by atoms with Crippen molar-refractivity contribution in [1.29, 1.82) is 0 Å². The first kappa shape index (κ1) is 10.5. The molecule has 0 heterocycles. The summed E-state index contributed by atoms with van der Waals surface area (Å²) in [5.74, 6) is -2.62. The van der Waals surface area contributed by atoms with Crippen LogP contribution in [0.5, 0.6) is 0 Å². The van der Waals surface area contributed by atoms with Crippen LogP contribution in [-0.4, -0.2) is 20.5 Å². The van der Waals surface area contributed by atoms with Gasteiger partial charge in [0.05, 0.1) is 0 Å². The van der Waals surface area contributed by atoms with Crippen LogP contribution < -0.4 is 4.72 Å². The molecule has 0 bridgehead atoms. The van der Waals surface area contributed by atoms with E-state index in [1.165, 1.54) is 0 Å². The van der Waals surface area contributed by atoms with Gasteiger partial charge < -0.3 is 0 Å². The van der Waals surface area contributed by atoms with Crippen LogP contribution in [0.1, 0.15) is 0 Å². The number of hydrogen-bond acceptors (Lipinski definition) is 3. The molecule has 0 spiro atoms. The zero-order valence-corrected chi connectivity index (χ0v) is 6.22. The van der Waals surface area contributed by atoms with Gasteiger partial charge in [0.15, 0.2) is 0 Å². The predicted molar refractivity (Wildman–Crippen MR) is 29.0 cm³/mol. The summed E-state index contributed by atoms with van der Waals surface area (Å²) in [5, 5.41) is 0. The number of hydrogen-bond donors (Lipinski definition) is 1. The van der Waals surface area contributed by atoms with Crippen molar-refractivity contribution in [2.24, 2.45) is 0 Å². The molecule has 0 unspecified atom stereocenters. The molecule has 0 aliphatic rings. The molecule has 1 amide bonds. The monoisotopic (exact) mass is 211 g/mol. The fourth-order valence-corrected chi connectivity index (χ4v) is 0.716. The van der Waals surface area contributed by atoms with Gasteiger partial charge in [-0.1, -0.05) is 0 Å². The Morgan fingerprint density at radius 1 is 1.36 bits per heavy atom. The molecule has 1 N–H and O–H groups in total. The number of carbonyl (C=O) groups is 1. The lowest BCUT2D eigenvalue weighted by Gasteiger charge is -2.03. The summed E-state index contributed by atoms with van der Waals surface area (Å²) in [4.78, 5) is 9.78. The van der Waals surface area contributed by atoms with Crippen molar-refractivity contribution in [2.45, 2.75) is 6.18 Å². The fraction of sp³-hybridized carbons (Fsp3) is 0.500. The Labute approximate surface area is 63.9 Å². The lowest BCUT2D eigenvalue weighted by molar-refractivity contribution is -0.171. The Kier molecular flexibility index (Phi) is 2.73. The minimum absolute atomic E-state index is 0.533. The molecule has 0 saturated carbocycles. The first-order chi connectivity index (χ1) is 4.63. The molecule has 0 rings (SSSR count). The largest absolute Gasteiger partial charge is 0.472 e. The van der Waals surface area contributed by atoms with Crippen molar-refractivity contribution in [3.05, 3.63) is 0 Å². The Bertz CT molecular complexity index is 256. The molecule has 66 valence electrons. The summed E-state index contributed by atoms with van der Waals surface area (Å²) in [6, 6.07) is 0. The zero-order chi connectivity index (χ0) is 9.28. The van der Waals surface area contributed by atoms with E-state index in [2.05, 4.69) is 10.7 Å². The summed E-state index contributed by atoms with van der Waals surface area (Å²) in [5.41, 5.74) is 0. The number of rotatable bonds is 1. The molecular formula is C2HClF3NO3S. The molecule has 11 heavy (non-hydrogen) atoms. The number of halogens is 4. The van der Waals surface area contributed by atoms with E-state index in [-0.39, 0.29) is 0 Å². The minimum Gasteiger partial charge on any atom is -0.263 e. The first-order valence-corrected chi connectivity index (χ1v) is 4.27. The van der Waals surface area contributed by atoms with Gasteiger partial charge >= 0.3 is 21.3 Å². The van der Waals surface area contributed by atoms with Crippen LogP contribution >= 0.6 is 10.7 Å². The minimum atomic E-state index is -5.25. The second-order valence-corrected chi connectivity index (χ2v) is 3.67. The second kappa shape index (κ2) is 2.86. The van der Waals surface area contributed by atoms with Crippen LogP contribution in [0.2, 0.25) is 0 Å². The average Bonchev–Trinajstić information content (AvgIpc) is 1.56. The van der Waals surface area contributed by atoms with E-state index in [4.69, 9.17) is 0 Å². The van der Waals surface area contributed by atoms with Crippen LogP contribution in [0.15, 0.2) is 0 Å². The van der Waals surface area contributed by atoms with Crippen LogP contribution in [0.4, 0.5) is 13.2 Å². The highest BCUT2D eigenvalue weighted by atomic mass is 35.7. The number of carbonyl (C=O) groups excluding carboxylic acids is 1. The van der Waals surface area contributed by atoms with Gasteiger partial charge in [-0.25, -0.2) is 4.72 Å². The van der Waals surface area contributed by atoms with Crippen molar-refractivity contribution in [3.8, 4) is 0 Å². The highest BCUT2D eigenvalue weighted by Gasteiger charge is 2.40. The van der Waals surface area contributed by atoms with Crippen LogP contribution in [0, 0.1) is 0 Å². The summed E-state index contributed by atoms with van der Waals surface area (Å²) < 4.78 is 53.9. The van der Waals surface area contributed by atoms with Crippen molar-refractivity contribution in [1.82, 2.24) is 4.72 Å². The third-order valence-electron chi connectivity index (χ3n) is 0.472. The quantitative estimate of drug-likeness (QED) is 0.628. The zero-order valence-electron chi connectivity index (χ0n) is 4.64. The van der Waals surface area contributed by atoms with Crippen molar-refractivity contribution >= 4 is 25.8 Å². The Hall–Kier alpha value is -0.500. The van der Waals surface area contributed by atoms with E-state index in [9.17, 15) is 26.4 Å². The SMILES string of the molecule is O=C(NS(=O)(=O)Cl)C(F)(F)F. The maximum Gasteiger partial charge on any atom is 0.472 e. The molecule has 4 nitrogen and oxygen atoms in total. The second-order valence-electron chi connectivity index (χ2n) is 1.37. The van der Waals surface area contributed by atoms with Crippen LogP contribution in [-0.2, 0) is 14.0 Å². The molecule has 0 aromatic carbocycles. The summed E-state index contributed by atoms with van der Waals surface area (Å²) in [7, 11) is -0.379. The number of alkyl halides is 3. The van der Waals surface area contributed by atoms with E-state index in [1.807, 2.05) is 0 Å². The van der Waals surface area contributed by atoms with Gasteiger partial charge in [0.1, 0.15) is 0 Å². The lowest BCUT2D eigenvalue weighted by Crippen LogP contribution is -2.38. The maximum atomic E-state index is 11.2. The van der Waals surface area contributed by atoms with Gasteiger partial charge in [0, 0.05) is 10.7 Å². The Balaban J connectivity index is 4.35. The smallest absolute Gasteiger partial charge is 0.263 e. The van der Waals surface area contributed by atoms with E-state index >= 15 is 0 Å². The van der Waals surface area contributed by atoms with E-state index < -0.39 is 21.3 Å². The van der Waals surface area contributed by atoms with Crippen LogP contribution in [0.25, 0.3) is 0 Å². The molecule has 9 heteroatoms. The molecule has 0 aromatic heterocycles. The lowest BCUT2D eigenvalue weighted by atomic mass is 10.6. The highest BCUT2D eigenvalue weighted by Crippen LogP contribution is 2.14. The number of nitrogens with one attached hydrogen (secondary N) is 1. The van der Waals surface area contributed by atoms with Crippen molar-refractivity contribution in [3.63, 3.8) is 0 Å². The molecule has 0 aliphatic carbocycles. The molecule has 0 atom stereocenters.